The molecule has 10 heteroatoms. The zero-order chi connectivity index (χ0) is 20.0. The Balaban J connectivity index is 1.87. The molecule has 0 radical (unpaired) electrons. The lowest BCUT2D eigenvalue weighted by Crippen LogP contribution is -2.35. The zero-order valence-corrected chi connectivity index (χ0v) is 16.8. The average Bonchev–Trinajstić information content (AvgIpc) is 2.77. The molecule has 8 nitrogen and oxygen atoms in total. The van der Waals surface area contributed by atoms with E-state index in [1.807, 2.05) is 18.6 Å². The minimum Gasteiger partial charge on any atom is -0.486 e. The average molecular weight is 411 g/mol. The van der Waals surface area contributed by atoms with Gasteiger partial charge in [0.15, 0.2) is 0 Å². The smallest absolute Gasteiger partial charge is 0.335 e. The number of benzene rings is 1. The van der Waals surface area contributed by atoms with Crippen molar-refractivity contribution in [3.8, 4) is 5.75 Å². The van der Waals surface area contributed by atoms with Crippen LogP contribution in [0.4, 0.5) is 10.7 Å². The Bertz CT molecular complexity index is 1020. The molecule has 0 saturated heterocycles. The summed E-state index contributed by atoms with van der Waals surface area (Å²) in [6, 6.07) is 3.67. The number of nitrogens with zero attached hydrogens (tertiary/aromatic N) is 2. The third-order valence-electron chi connectivity index (χ3n) is 3.82. The number of ether oxygens (including phenoxy) is 1. The highest BCUT2D eigenvalue weighted by molar-refractivity contribution is 7.90. The molecule has 2 amide bonds. The number of carbonyl (C=O) groups is 1. The van der Waals surface area contributed by atoms with Gasteiger partial charge in [0.25, 0.3) is 10.0 Å². The van der Waals surface area contributed by atoms with Gasteiger partial charge in [-0.25, -0.2) is 27.9 Å². The van der Waals surface area contributed by atoms with E-state index in [2.05, 4.69) is 15.3 Å². The van der Waals surface area contributed by atoms with Gasteiger partial charge in [-0.05, 0) is 45.9 Å². The summed E-state index contributed by atoms with van der Waals surface area (Å²) in [5.74, 6) is 0.209. The van der Waals surface area contributed by atoms with Gasteiger partial charge in [-0.3, -0.25) is 5.32 Å². The Kier molecular flexibility index (Phi) is 4.77. The SMILES string of the molecule is Cc1cc(C)nc(NC(=O)NS(=O)(=O)c2cc(Cl)cc3c2OC(C)(C)C3)n1. The summed E-state index contributed by atoms with van der Waals surface area (Å²) >= 11 is 6.06. The maximum atomic E-state index is 12.7. The highest BCUT2D eigenvalue weighted by Gasteiger charge is 2.36. The number of fused-ring (bicyclic) bond motifs is 1. The van der Waals surface area contributed by atoms with Gasteiger partial charge in [0.1, 0.15) is 16.2 Å². The van der Waals surface area contributed by atoms with Crippen LogP contribution in [0.5, 0.6) is 5.75 Å². The number of aryl methyl sites for hydroxylation is 2. The Morgan fingerprint density at radius 3 is 2.44 bits per heavy atom. The van der Waals surface area contributed by atoms with Gasteiger partial charge in [-0.1, -0.05) is 11.6 Å². The van der Waals surface area contributed by atoms with E-state index in [0.717, 1.165) is 0 Å². The molecule has 1 aromatic heterocycles. The van der Waals surface area contributed by atoms with Crippen molar-refractivity contribution in [2.24, 2.45) is 0 Å². The van der Waals surface area contributed by atoms with Gasteiger partial charge in [-0.15, -0.1) is 0 Å². The van der Waals surface area contributed by atoms with Crippen LogP contribution in [0.1, 0.15) is 30.8 Å². The van der Waals surface area contributed by atoms with E-state index in [4.69, 9.17) is 16.3 Å². The second-order valence-corrected chi connectivity index (χ2v) is 9.05. The second-order valence-electron chi connectivity index (χ2n) is 6.96. The largest absolute Gasteiger partial charge is 0.486 e. The summed E-state index contributed by atoms with van der Waals surface area (Å²) in [4.78, 5) is 20.1. The fraction of sp³-hybridized carbons (Fsp3) is 0.353. The monoisotopic (exact) mass is 410 g/mol. The molecule has 27 heavy (non-hydrogen) atoms. The number of carbonyl (C=O) groups excluding carboxylic acids is 1. The zero-order valence-electron chi connectivity index (χ0n) is 15.3. The van der Waals surface area contributed by atoms with Gasteiger partial charge in [0.05, 0.1) is 0 Å². The number of amides is 2. The van der Waals surface area contributed by atoms with Crippen LogP contribution in [0.15, 0.2) is 23.1 Å². The molecule has 1 aromatic carbocycles. The van der Waals surface area contributed by atoms with Crippen LogP contribution in [0.2, 0.25) is 5.02 Å². The molecule has 0 saturated carbocycles. The van der Waals surface area contributed by atoms with Crippen molar-refractivity contribution in [3.63, 3.8) is 0 Å². The minimum atomic E-state index is -4.22. The van der Waals surface area contributed by atoms with E-state index in [1.165, 1.54) is 6.07 Å². The number of hydrogen-bond donors (Lipinski definition) is 2. The van der Waals surface area contributed by atoms with Crippen molar-refractivity contribution in [3.05, 3.63) is 40.2 Å². The van der Waals surface area contributed by atoms with Crippen molar-refractivity contribution in [1.29, 1.82) is 0 Å². The van der Waals surface area contributed by atoms with Crippen LogP contribution in [0, 0.1) is 13.8 Å². The molecule has 2 N–H and O–H groups in total. The standard InChI is InChI=1S/C17H19ClN4O4S/c1-9-5-10(2)20-15(19-9)21-16(23)22-27(24,25)13-7-12(18)6-11-8-17(3,4)26-14(11)13/h5-7H,8H2,1-4H3,(H2,19,20,21,22,23). The predicted octanol–water partition coefficient (Wildman–Crippen LogP) is 2.97. The van der Waals surface area contributed by atoms with Gasteiger partial charge >= 0.3 is 6.03 Å². The van der Waals surface area contributed by atoms with E-state index < -0.39 is 21.7 Å². The molecule has 0 atom stereocenters. The van der Waals surface area contributed by atoms with E-state index in [-0.39, 0.29) is 21.6 Å². The van der Waals surface area contributed by atoms with Crippen molar-refractivity contribution in [2.45, 2.75) is 44.6 Å². The summed E-state index contributed by atoms with van der Waals surface area (Å²) in [7, 11) is -4.22. The molecule has 144 valence electrons. The number of aromatic nitrogens is 2. The second kappa shape index (κ2) is 6.65. The maximum Gasteiger partial charge on any atom is 0.335 e. The Morgan fingerprint density at radius 2 is 1.81 bits per heavy atom. The van der Waals surface area contributed by atoms with Crippen molar-refractivity contribution in [2.75, 3.05) is 5.32 Å². The molecule has 3 rings (SSSR count). The first-order valence-electron chi connectivity index (χ1n) is 8.13. The van der Waals surface area contributed by atoms with E-state index in [1.54, 1.807) is 26.0 Å². The lowest BCUT2D eigenvalue weighted by atomic mass is 10.0. The molecule has 0 bridgehead atoms. The quantitative estimate of drug-likeness (QED) is 0.804. The van der Waals surface area contributed by atoms with Gasteiger partial charge in [0.2, 0.25) is 5.95 Å². The summed E-state index contributed by atoms with van der Waals surface area (Å²) in [6.07, 6.45) is 0.508. The third-order valence-corrected chi connectivity index (χ3v) is 5.37. The van der Waals surface area contributed by atoms with E-state index in [9.17, 15) is 13.2 Å². The maximum absolute atomic E-state index is 12.7. The summed E-state index contributed by atoms with van der Waals surface area (Å²) in [5.41, 5.74) is 1.39. The number of hydrogen-bond acceptors (Lipinski definition) is 6. The topological polar surface area (TPSA) is 110 Å². The summed E-state index contributed by atoms with van der Waals surface area (Å²) < 4.78 is 33.2. The van der Waals surface area contributed by atoms with Gasteiger partial charge < -0.3 is 4.74 Å². The molecule has 2 aromatic rings. The number of halogens is 1. The highest BCUT2D eigenvalue weighted by atomic mass is 35.5. The molecule has 0 aliphatic carbocycles. The van der Waals surface area contributed by atoms with E-state index in [0.29, 0.717) is 23.4 Å². The summed E-state index contributed by atoms with van der Waals surface area (Å²) in [6.45, 7) is 7.16. The molecule has 0 unspecified atom stereocenters. The van der Waals surface area contributed by atoms with Gasteiger partial charge in [0, 0.05) is 28.4 Å². The minimum absolute atomic E-state index is 0.00825. The Hall–Kier alpha value is -2.39. The van der Waals surface area contributed by atoms with Crippen LogP contribution < -0.4 is 14.8 Å². The number of sulfonamides is 1. The molecule has 0 fully saturated rings. The van der Waals surface area contributed by atoms with E-state index >= 15 is 0 Å². The van der Waals surface area contributed by atoms with Crippen molar-refractivity contribution in [1.82, 2.24) is 14.7 Å². The molecular weight excluding hydrogens is 392 g/mol. The van der Waals surface area contributed by atoms with Crippen LogP contribution in [0.25, 0.3) is 0 Å². The molecule has 1 aliphatic rings. The van der Waals surface area contributed by atoms with Crippen LogP contribution in [0.3, 0.4) is 0 Å². The van der Waals surface area contributed by atoms with Crippen molar-refractivity contribution >= 4 is 33.6 Å². The molecule has 0 spiro atoms. The number of anilines is 1. The normalized spacial score (nSPS) is 15.0. The fourth-order valence-electron chi connectivity index (χ4n) is 2.93. The number of rotatable bonds is 3. The van der Waals surface area contributed by atoms with Crippen molar-refractivity contribution < 1.29 is 17.9 Å². The number of nitrogens with one attached hydrogen (secondary N) is 2. The lowest BCUT2D eigenvalue weighted by Gasteiger charge is -2.18. The molecule has 1 aliphatic heterocycles. The first kappa shape index (κ1) is 19.4. The van der Waals surface area contributed by atoms with Crippen LogP contribution in [-0.2, 0) is 16.4 Å². The summed E-state index contributed by atoms with van der Waals surface area (Å²) in [5, 5.41) is 2.57. The Labute approximate surface area is 162 Å². The Morgan fingerprint density at radius 1 is 1.19 bits per heavy atom. The first-order chi connectivity index (χ1) is 12.4. The van der Waals surface area contributed by atoms with Crippen LogP contribution >= 0.6 is 11.6 Å². The highest BCUT2D eigenvalue weighted by Crippen LogP contribution is 2.41. The molecular formula is C17H19ClN4O4S. The number of urea groups is 1. The van der Waals surface area contributed by atoms with Gasteiger partial charge in [-0.2, -0.15) is 0 Å². The van der Waals surface area contributed by atoms with Crippen LogP contribution in [-0.4, -0.2) is 30.0 Å². The first-order valence-corrected chi connectivity index (χ1v) is 9.99. The predicted molar refractivity (Wildman–Crippen MR) is 101 cm³/mol. The lowest BCUT2D eigenvalue weighted by molar-refractivity contribution is 0.135. The third kappa shape index (κ3) is 4.30. The molecule has 2 heterocycles. The fourth-order valence-corrected chi connectivity index (χ4v) is 4.34.